The van der Waals surface area contributed by atoms with Crippen molar-refractivity contribution in [3.05, 3.63) is 0 Å². The van der Waals surface area contributed by atoms with Gasteiger partial charge in [-0.15, -0.1) is 22.0 Å². The molecule has 0 aliphatic heterocycles. The lowest BCUT2D eigenvalue weighted by Gasteiger charge is -2.10. The van der Waals surface area contributed by atoms with Gasteiger partial charge < -0.3 is 12.9 Å². The van der Waals surface area contributed by atoms with Crippen LogP contribution in [0.3, 0.4) is 0 Å². The Bertz CT molecular complexity index is 276. The maximum atomic E-state index is 11.8. The lowest BCUT2D eigenvalue weighted by molar-refractivity contribution is 0.485. The quantitative estimate of drug-likeness (QED) is 0.601. The van der Waals surface area contributed by atoms with Crippen molar-refractivity contribution in [3.8, 4) is 0 Å². The molecule has 0 aliphatic carbocycles. The maximum Gasteiger partial charge on any atom is 0.488 e. The van der Waals surface area contributed by atoms with Crippen LogP contribution in [0.1, 0.15) is 0 Å². The zero-order chi connectivity index (χ0) is 9.90. The Morgan fingerprint density at radius 3 is 2.38 bits per heavy atom. The second-order valence-corrected chi connectivity index (χ2v) is 5.36. The maximum absolute atomic E-state index is 11.8. The number of halogens is 3. The number of nitrogens with zero attached hydrogens (tertiary/aromatic N) is 2. The van der Waals surface area contributed by atoms with Crippen molar-refractivity contribution >= 4 is 41.8 Å². The molecule has 0 amide bonds. The molecule has 0 saturated heterocycles. The summed E-state index contributed by atoms with van der Waals surface area (Å²) < 4.78 is 36.5. The molecule has 2 nitrogen and oxygen atoms in total. The van der Waals surface area contributed by atoms with Gasteiger partial charge in [0.2, 0.25) is 0 Å². The minimum absolute atomic E-state index is 0.378. The first-order valence-corrected chi connectivity index (χ1v) is 6.25. The normalized spacial score (nSPS) is 12.0. The van der Waals surface area contributed by atoms with Gasteiger partial charge in [-0.1, -0.05) is 23.1 Å². The molecular formula is C4H5BF3N2S3-. The fourth-order valence-electron chi connectivity index (χ4n) is 0.504. The number of aromatic nitrogens is 2. The largest absolute Gasteiger partial charge is 0.488 e. The Morgan fingerprint density at radius 1 is 1.31 bits per heavy atom. The molecule has 1 heterocycles. The average Bonchev–Trinajstić information content (AvgIpc) is 2.47. The van der Waals surface area contributed by atoms with Crippen molar-refractivity contribution in [2.24, 2.45) is 0 Å². The zero-order valence-electron chi connectivity index (χ0n) is 6.54. The van der Waals surface area contributed by atoms with Crippen LogP contribution in [0.15, 0.2) is 8.68 Å². The van der Waals surface area contributed by atoms with E-state index in [9.17, 15) is 12.9 Å². The summed E-state index contributed by atoms with van der Waals surface area (Å²) in [5, 5.41) is 7.30. The van der Waals surface area contributed by atoms with Crippen LogP contribution < -0.4 is 0 Å². The van der Waals surface area contributed by atoms with Crippen molar-refractivity contribution in [1.29, 1.82) is 0 Å². The third-order valence-corrected chi connectivity index (χ3v) is 4.13. The molecule has 0 bridgehead atoms. The molecular weight excluding hydrogens is 240 g/mol. The van der Waals surface area contributed by atoms with E-state index in [2.05, 4.69) is 10.2 Å². The van der Waals surface area contributed by atoms with E-state index >= 15 is 0 Å². The Balaban J connectivity index is 2.46. The van der Waals surface area contributed by atoms with Crippen molar-refractivity contribution in [1.82, 2.24) is 10.2 Å². The Hall–Kier alpha value is 0.115. The summed E-state index contributed by atoms with van der Waals surface area (Å²) >= 11 is 3.26. The number of hydrogen-bond donors (Lipinski definition) is 0. The highest BCUT2D eigenvalue weighted by atomic mass is 32.2. The van der Waals surface area contributed by atoms with Gasteiger partial charge in [-0.2, -0.15) is 0 Å². The summed E-state index contributed by atoms with van der Waals surface area (Å²) in [7, 11) is 0. The highest BCUT2D eigenvalue weighted by Crippen LogP contribution is 2.29. The summed E-state index contributed by atoms with van der Waals surface area (Å²) in [6.45, 7) is -4.73. The van der Waals surface area contributed by atoms with Gasteiger partial charge >= 0.3 is 6.98 Å². The van der Waals surface area contributed by atoms with Crippen molar-refractivity contribution in [2.75, 3.05) is 11.9 Å². The van der Waals surface area contributed by atoms with E-state index < -0.39 is 12.6 Å². The summed E-state index contributed by atoms with van der Waals surface area (Å²) in [4.78, 5) is 0. The molecule has 1 rings (SSSR count). The summed E-state index contributed by atoms with van der Waals surface area (Å²) in [5.74, 6) is 0. The summed E-state index contributed by atoms with van der Waals surface area (Å²) in [6, 6.07) is 0. The predicted molar refractivity (Wildman–Crippen MR) is 51.5 cm³/mol. The van der Waals surface area contributed by atoms with E-state index in [-0.39, 0.29) is 0 Å². The second-order valence-electron chi connectivity index (χ2n) is 2.06. The SMILES string of the molecule is CSc1nnc(SC[B-](F)(F)F)s1. The molecule has 0 radical (unpaired) electrons. The van der Waals surface area contributed by atoms with E-state index in [1.165, 1.54) is 23.1 Å². The van der Waals surface area contributed by atoms with Crippen LogP contribution in [0.4, 0.5) is 12.9 Å². The monoisotopic (exact) mass is 245 g/mol. The molecule has 13 heavy (non-hydrogen) atoms. The van der Waals surface area contributed by atoms with Gasteiger partial charge in [-0.25, -0.2) is 0 Å². The van der Waals surface area contributed by atoms with Crippen LogP contribution in [0.2, 0.25) is 0 Å². The highest BCUT2D eigenvalue weighted by molar-refractivity contribution is 8.03. The van der Waals surface area contributed by atoms with Crippen LogP contribution in [0, 0.1) is 0 Å². The molecule has 0 atom stereocenters. The van der Waals surface area contributed by atoms with Gasteiger partial charge in [-0.05, 0) is 11.9 Å². The fourth-order valence-corrected chi connectivity index (χ4v) is 2.77. The third-order valence-electron chi connectivity index (χ3n) is 0.958. The average molecular weight is 245 g/mol. The molecule has 0 unspecified atom stereocenters. The van der Waals surface area contributed by atoms with Gasteiger partial charge in [0.05, 0.1) is 0 Å². The Kier molecular flexibility index (Phi) is 3.93. The number of hydrogen-bond acceptors (Lipinski definition) is 5. The predicted octanol–water partition coefficient (Wildman–Crippen LogP) is 2.74. The minimum atomic E-state index is -4.73. The standard InChI is InChI=1S/C4H5BF3N2S3/c1-11-3-9-10-4(13-3)12-2-5(6,7)8/h2H2,1H3/q-1. The first-order chi connectivity index (χ1) is 6.01. The first-order valence-electron chi connectivity index (χ1n) is 3.22. The van der Waals surface area contributed by atoms with E-state index in [1.807, 2.05) is 6.26 Å². The van der Waals surface area contributed by atoms with Gasteiger partial charge in [0, 0.05) is 0 Å². The smallest absolute Gasteiger partial charge is 0.448 e. The van der Waals surface area contributed by atoms with Crippen molar-refractivity contribution in [3.63, 3.8) is 0 Å². The number of rotatable bonds is 4. The van der Waals surface area contributed by atoms with Gasteiger partial charge in [-0.3, -0.25) is 0 Å². The van der Waals surface area contributed by atoms with E-state index in [0.29, 0.717) is 20.4 Å². The third kappa shape index (κ3) is 4.23. The Labute approximate surface area is 85.8 Å². The van der Waals surface area contributed by atoms with E-state index in [0.717, 1.165) is 0 Å². The highest BCUT2D eigenvalue weighted by Gasteiger charge is 2.23. The van der Waals surface area contributed by atoms with Crippen molar-refractivity contribution in [2.45, 2.75) is 8.68 Å². The first kappa shape index (κ1) is 11.2. The zero-order valence-corrected chi connectivity index (χ0v) is 8.99. The minimum Gasteiger partial charge on any atom is -0.448 e. The molecule has 0 aromatic carbocycles. The van der Waals surface area contributed by atoms with E-state index in [4.69, 9.17) is 0 Å². The summed E-state index contributed by atoms with van der Waals surface area (Å²) in [5.41, 5.74) is -0.844. The van der Waals surface area contributed by atoms with Crippen LogP contribution in [0.5, 0.6) is 0 Å². The fraction of sp³-hybridized carbons (Fsp3) is 0.500. The van der Waals surface area contributed by atoms with Crippen LogP contribution in [-0.2, 0) is 0 Å². The second kappa shape index (κ2) is 4.56. The molecule has 74 valence electrons. The molecule has 1 aromatic rings. The van der Waals surface area contributed by atoms with Crippen molar-refractivity contribution < 1.29 is 12.9 Å². The van der Waals surface area contributed by atoms with E-state index in [1.54, 1.807) is 0 Å². The molecule has 0 saturated carbocycles. The molecule has 0 fully saturated rings. The summed E-state index contributed by atoms with van der Waals surface area (Å²) in [6.07, 6.45) is 1.81. The molecule has 0 N–H and O–H groups in total. The molecule has 0 aliphatic rings. The Morgan fingerprint density at radius 2 is 1.92 bits per heavy atom. The van der Waals surface area contributed by atoms with Crippen LogP contribution in [0.25, 0.3) is 0 Å². The lowest BCUT2D eigenvalue weighted by Crippen LogP contribution is -2.18. The molecule has 9 heteroatoms. The number of thioether (sulfide) groups is 2. The van der Waals surface area contributed by atoms with Crippen LogP contribution >= 0.6 is 34.9 Å². The topological polar surface area (TPSA) is 25.8 Å². The molecule has 1 aromatic heterocycles. The van der Waals surface area contributed by atoms with Crippen LogP contribution in [-0.4, -0.2) is 29.1 Å². The lowest BCUT2D eigenvalue weighted by atomic mass is 9.98. The van der Waals surface area contributed by atoms with Gasteiger partial charge in [0.25, 0.3) is 0 Å². The van der Waals surface area contributed by atoms with Gasteiger partial charge in [0.15, 0.2) is 8.68 Å². The molecule has 0 spiro atoms. The van der Waals surface area contributed by atoms with Gasteiger partial charge in [0.1, 0.15) is 0 Å².